The Kier molecular flexibility index (Phi) is 9.16. The van der Waals surface area contributed by atoms with E-state index in [2.05, 4.69) is 50.4 Å². The van der Waals surface area contributed by atoms with Gasteiger partial charge in [0.2, 0.25) is 0 Å². The molecular formula is C19H33NO. The molecule has 2 heteroatoms. The summed E-state index contributed by atoms with van der Waals surface area (Å²) in [4.78, 5) is 0. The first-order chi connectivity index (χ1) is 10.2. The van der Waals surface area contributed by atoms with Crippen LogP contribution < -0.4 is 10.1 Å². The Morgan fingerprint density at radius 1 is 1.00 bits per heavy atom. The average molecular weight is 291 g/mol. The fourth-order valence-corrected chi connectivity index (χ4v) is 2.71. The molecule has 1 aromatic carbocycles. The van der Waals surface area contributed by atoms with Crippen LogP contribution in [-0.4, -0.2) is 13.2 Å². The number of nitrogens with one attached hydrogen (secondary N) is 1. The summed E-state index contributed by atoms with van der Waals surface area (Å²) in [6.45, 7) is 6.43. The fourth-order valence-electron chi connectivity index (χ4n) is 2.71. The van der Waals surface area contributed by atoms with Crippen LogP contribution in [0.4, 0.5) is 0 Å². The molecule has 120 valence electrons. The SMILES string of the molecule is CCCCCCCCC(NC)c1ccccc1OC(C)C. The van der Waals surface area contributed by atoms with Crippen molar-refractivity contribution in [1.29, 1.82) is 0 Å². The summed E-state index contributed by atoms with van der Waals surface area (Å²) in [7, 11) is 2.05. The molecule has 1 N–H and O–H groups in total. The average Bonchev–Trinajstić information content (AvgIpc) is 2.47. The Morgan fingerprint density at radius 3 is 2.33 bits per heavy atom. The normalized spacial score (nSPS) is 12.6. The smallest absolute Gasteiger partial charge is 0.124 e. The van der Waals surface area contributed by atoms with E-state index in [4.69, 9.17) is 4.74 Å². The molecule has 0 radical (unpaired) electrons. The molecule has 21 heavy (non-hydrogen) atoms. The van der Waals surface area contributed by atoms with Crippen LogP contribution in [0.15, 0.2) is 24.3 Å². The van der Waals surface area contributed by atoms with Gasteiger partial charge in [-0.25, -0.2) is 0 Å². The second-order valence-corrected chi connectivity index (χ2v) is 6.10. The maximum atomic E-state index is 5.95. The van der Waals surface area contributed by atoms with Gasteiger partial charge in [-0.3, -0.25) is 0 Å². The molecule has 0 saturated heterocycles. The van der Waals surface area contributed by atoms with E-state index in [0.29, 0.717) is 6.04 Å². The van der Waals surface area contributed by atoms with Crippen molar-refractivity contribution in [3.63, 3.8) is 0 Å². The van der Waals surface area contributed by atoms with Crippen molar-refractivity contribution >= 4 is 0 Å². The second kappa shape index (κ2) is 10.7. The first-order valence-corrected chi connectivity index (χ1v) is 8.61. The van der Waals surface area contributed by atoms with E-state index in [9.17, 15) is 0 Å². The third kappa shape index (κ3) is 6.99. The quantitative estimate of drug-likeness (QED) is 0.545. The van der Waals surface area contributed by atoms with Crippen molar-refractivity contribution < 1.29 is 4.74 Å². The predicted octanol–water partition coefficient (Wildman–Crippen LogP) is 5.48. The van der Waals surface area contributed by atoms with E-state index in [1.807, 2.05) is 7.05 Å². The number of rotatable bonds is 11. The molecule has 1 rings (SSSR count). The Hall–Kier alpha value is -1.02. The summed E-state index contributed by atoms with van der Waals surface area (Å²) in [5, 5.41) is 3.45. The lowest BCUT2D eigenvalue weighted by molar-refractivity contribution is 0.237. The predicted molar refractivity (Wildman–Crippen MR) is 92.0 cm³/mol. The van der Waals surface area contributed by atoms with Crippen LogP contribution in [0.5, 0.6) is 5.75 Å². The van der Waals surface area contributed by atoms with Crippen LogP contribution in [0.25, 0.3) is 0 Å². The lowest BCUT2D eigenvalue weighted by Gasteiger charge is -2.21. The minimum Gasteiger partial charge on any atom is -0.491 e. The van der Waals surface area contributed by atoms with Crippen LogP contribution in [0, 0.1) is 0 Å². The number of unbranched alkanes of at least 4 members (excludes halogenated alkanes) is 5. The Bertz CT molecular complexity index is 376. The minimum atomic E-state index is 0.220. The molecule has 0 aliphatic carbocycles. The summed E-state index contributed by atoms with van der Waals surface area (Å²) in [5.41, 5.74) is 1.29. The van der Waals surface area contributed by atoms with E-state index in [-0.39, 0.29) is 6.10 Å². The van der Waals surface area contributed by atoms with E-state index in [1.54, 1.807) is 0 Å². The summed E-state index contributed by atoms with van der Waals surface area (Å²) < 4.78 is 5.95. The van der Waals surface area contributed by atoms with Crippen molar-refractivity contribution in [2.45, 2.75) is 77.9 Å². The van der Waals surface area contributed by atoms with Crippen molar-refractivity contribution in [2.75, 3.05) is 7.05 Å². The van der Waals surface area contributed by atoms with Crippen LogP contribution in [0.1, 0.15) is 77.3 Å². The minimum absolute atomic E-state index is 0.220. The lowest BCUT2D eigenvalue weighted by atomic mass is 9.99. The first-order valence-electron chi connectivity index (χ1n) is 8.61. The number of ether oxygens (including phenoxy) is 1. The zero-order valence-corrected chi connectivity index (χ0v) is 14.3. The lowest BCUT2D eigenvalue weighted by Crippen LogP contribution is -2.18. The van der Waals surface area contributed by atoms with Crippen LogP contribution >= 0.6 is 0 Å². The van der Waals surface area contributed by atoms with Crippen LogP contribution in [-0.2, 0) is 0 Å². The summed E-state index contributed by atoms with van der Waals surface area (Å²) in [6.07, 6.45) is 9.47. The van der Waals surface area contributed by atoms with Gasteiger partial charge in [0.05, 0.1) is 6.10 Å². The Morgan fingerprint density at radius 2 is 1.67 bits per heavy atom. The van der Waals surface area contributed by atoms with Gasteiger partial charge in [-0.05, 0) is 33.4 Å². The van der Waals surface area contributed by atoms with Gasteiger partial charge in [0.1, 0.15) is 5.75 Å². The first kappa shape index (κ1) is 18.0. The monoisotopic (exact) mass is 291 g/mol. The molecule has 1 unspecified atom stereocenters. The second-order valence-electron chi connectivity index (χ2n) is 6.10. The molecule has 0 aliphatic rings. The zero-order chi connectivity index (χ0) is 15.5. The third-order valence-electron chi connectivity index (χ3n) is 3.85. The molecule has 0 aliphatic heterocycles. The third-order valence-corrected chi connectivity index (χ3v) is 3.85. The largest absolute Gasteiger partial charge is 0.491 e. The molecule has 0 amide bonds. The fraction of sp³-hybridized carbons (Fsp3) is 0.684. The molecule has 1 atom stereocenters. The highest BCUT2D eigenvalue weighted by Crippen LogP contribution is 2.29. The van der Waals surface area contributed by atoms with Crippen LogP contribution in [0.3, 0.4) is 0 Å². The standard InChI is InChI=1S/C19H33NO/c1-5-6-7-8-9-10-14-18(20-4)17-13-11-12-15-19(17)21-16(2)3/h11-13,15-16,18,20H,5-10,14H2,1-4H3. The van der Waals surface area contributed by atoms with Crippen molar-refractivity contribution in [3.8, 4) is 5.75 Å². The Balaban J connectivity index is 2.51. The topological polar surface area (TPSA) is 21.3 Å². The van der Waals surface area contributed by atoms with Gasteiger partial charge in [0, 0.05) is 11.6 Å². The van der Waals surface area contributed by atoms with Gasteiger partial charge < -0.3 is 10.1 Å². The Labute approximate surface area is 131 Å². The summed E-state index contributed by atoms with van der Waals surface area (Å²) in [6, 6.07) is 8.83. The molecule has 0 bridgehead atoms. The van der Waals surface area contributed by atoms with Gasteiger partial charge >= 0.3 is 0 Å². The van der Waals surface area contributed by atoms with Crippen molar-refractivity contribution in [3.05, 3.63) is 29.8 Å². The van der Waals surface area contributed by atoms with Gasteiger partial charge in [-0.2, -0.15) is 0 Å². The maximum absolute atomic E-state index is 5.95. The molecule has 1 aromatic rings. The number of para-hydroxylation sites is 1. The van der Waals surface area contributed by atoms with E-state index in [1.165, 1.54) is 50.5 Å². The molecule has 0 spiro atoms. The van der Waals surface area contributed by atoms with Crippen LogP contribution in [0.2, 0.25) is 0 Å². The van der Waals surface area contributed by atoms with Crippen molar-refractivity contribution in [1.82, 2.24) is 5.32 Å². The van der Waals surface area contributed by atoms with Gasteiger partial charge in [-0.1, -0.05) is 63.6 Å². The summed E-state index contributed by atoms with van der Waals surface area (Å²) >= 11 is 0. The van der Waals surface area contributed by atoms with E-state index >= 15 is 0 Å². The van der Waals surface area contributed by atoms with Crippen molar-refractivity contribution in [2.24, 2.45) is 0 Å². The van der Waals surface area contributed by atoms with Gasteiger partial charge in [0.25, 0.3) is 0 Å². The highest BCUT2D eigenvalue weighted by atomic mass is 16.5. The number of benzene rings is 1. The number of hydrogen-bond donors (Lipinski definition) is 1. The van der Waals surface area contributed by atoms with Gasteiger partial charge in [-0.15, -0.1) is 0 Å². The van der Waals surface area contributed by atoms with Gasteiger partial charge in [0.15, 0.2) is 0 Å². The van der Waals surface area contributed by atoms with E-state index in [0.717, 1.165) is 5.75 Å². The molecule has 0 fully saturated rings. The number of hydrogen-bond acceptors (Lipinski definition) is 2. The molecule has 2 nitrogen and oxygen atoms in total. The highest BCUT2D eigenvalue weighted by Gasteiger charge is 2.14. The zero-order valence-electron chi connectivity index (χ0n) is 14.3. The highest BCUT2D eigenvalue weighted by molar-refractivity contribution is 5.36. The maximum Gasteiger partial charge on any atom is 0.124 e. The summed E-state index contributed by atoms with van der Waals surface area (Å²) in [5.74, 6) is 1.03. The molecule has 0 saturated carbocycles. The molecular weight excluding hydrogens is 258 g/mol. The van der Waals surface area contributed by atoms with E-state index < -0.39 is 0 Å². The molecule has 0 aromatic heterocycles. The molecule has 0 heterocycles.